The van der Waals surface area contributed by atoms with Gasteiger partial charge in [0.15, 0.2) is 0 Å². The molecule has 0 saturated carbocycles. The van der Waals surface area contributed by atoms with Crippen LogP contribution in [0.5, 0.6) is 0 Å². The summed E-state index contributed by atoms with van der Waals surface area (Å²) in [6.45, 7) is 0. The van der Waals surface area contributed by atoms with E-state index < -0.39 is 0 Å². The third kappa shape index (κ3) is 9.54. The molecule has 0 aliphatic heterocycles. The molecule has 0 atom stereocenters. The van der Waals surface area contributed by atoms with Crippen LogP contribution in [0.1, 0.15) is 0 Å². The van der Waals surface area contributed by atoms with Gasteiger partial charge in [0, 0.05) is 0 Å². The van der Waals surface area contributed by atoms with Crippen LogP contribution in [-0.2, 0) is 0 Å². The molecule has 0 heterocycles. The zero-order valence-electron chi connectivity index (χ0n) is 3.71. The number of hydrogen-bond acceptors (Lipinski definition) is 0. The molecule has 0 aliphatic carbocycles. The normalized spacial score (nSPS) is 0. The van der Waals surface area contributed by atoms with E-state index in [9.17, 15) is 0 Å². The first-order chi connectivity index (χ1) is 0. The Morgan fingerprint density at radius 3 is 0.500 bits per heavy atom. The van der Waals surface area contributed by atoms with Gasteiger partial charge < -0.3 is 37.7 Å². The molecule has 0 spiro atoms. The van der Waals surface area contributed by atoms with E-state index in [1.54, 1.807) is 0 Å². The van der Waals surface area contributed by atoms with Crippen LogP contribution in [0, 0.1) is 0 Å². The van der Waals surface area contributed by atoms with Gasteiger partial charge in [-0.25, -0.2) is 0 Å². The van der Waals surface area contributed by atoms with Gasteiger partial charge in [0.1, 0.15) is 0 Å². The second-order valence-corrected chi connectivity index (χ2v) is 0. The molecule has 0 N–H and O–H groups in total. The minimum Gasteiger partial charge on any atom is -3.00 e. The van der Waals surface area contributed by atoms with Gasteiger partial charge >= 0.3 is 88.7 Å². The minimum atomic E-state index is 0. The fourth-order valence-electron chi connectivity index (χ4n) is 0. The molecule has 0 bridgehead atoms. The maximum absolute atomic E-state index is 0. The van der Waals surface area contributed by atoms with Gasteiger partial charge in [-0.1, -0.05) is 0 Å². The van der Waals surface area contributed by atoms with Crippen LogP contribution in [0.25, 0.3) is 0 Å². The molecule has 5 valence electrons. The standard InChI is InChI=1S/Ca.3Na/q-3;3*+1. The average Bonchev–Trinajstić information content (AvgIpc) is 0. The molecular formula is CaNa3. The van der Waals surface area contributed by atoms with Gasteiger partial charge in [-0.3, -0.25) is 0 Å². The van der Waals surface area contributed by atoms with Crippen LogP contribution in [0.2, 0.25) is 0 Å². The third-order valence-electron chi connectivity index (χ3n) is 0. The van der Waals surface area contributed by atoms with Crippen molar-refractivity contribution in [3.63, 3.8) is 0 Å². The van der Waals surface area contributed by atoms with Crippen LogP contribution >= 0.6 is 0 Å². The predicted molar refractivity (Wildman–Crippen MR) is 5.75 cm³/mol. The second-order valence-electron chi connectivity index (χ2n) is 0. The van der Waals surface area contributed by atoms with E-state index >= 15 is 0 Å². The van der Waals surface area contributed by atoms with Crippen molar-refractivity contribution in [1.29, 1.82) is 0 Å². The molecule has 0 fully saturated rings. The van der Waals surface area contributed by atoms with Gasteiger partial charge in [0.25, 0.3) is 0 Å². The van der Waals surface area contributed by atoms with Crippen molar-refractivity contribution in [2.24, 2.45) is 0 Å². The zero-order valence-corrected chi connectivity index (χ0v) is 11.9. The van der Waals surface area contributed by atoms with E-state index in [2.05, 4.69) is 0 Å². The van der Waals surface area contributed by atoms with E-state index in [4.69, 9.17) is 0 Å². The van der Waals surface area contributed by atoms with E-state index in [1.807, 2.05) is 0 Å². The van der Waals surface area contributed by atoms with E-state index in [0.29, 0.717) is 0 Å². The quantitative estimate of drug-likeness (QED) is 0.271. The second kappa shape index (κ2) is 15.7. The molecule has 0 rings (SSSR count). The summed E-state index contributed by atoms with van der Waals surface area (Å²) in [7, 11) is 0. The monoisotopic (exact) mass is 109 g/mol. The first-order valence-corrected chi connectivity index (χ1v) is 0. The molecule has 0 aliphatic rings. The Morgan fingerprint density at radius 1 is 0.500 bits per heavy atom. The van der Waals surface area contributed by atoms with Crippen molar-refractivity contribution in [3.05, 3.63) is 0 Å². The van der Waals surface area contributed by atoms with Crippen molar-refractivity contribution < 1.29 is 88.7 Å². The predicted octanol–water partition coefficient (Wildman–Crippen LogP) is -9.37. The molecule has 4 heteroatoms. The summed E-state index contributed by atoms with van der Waals surface area (Å²) in [6, 6.07) is 0. The van der Waals surface area contributed by atoms with Crippen molar-refractivity contribution in [1.82, 2.24) is 0 Å². The Hall–Kier alpha value is 4.26. The summed E-state index contributed by atoms with van der Waals surface area (Å²) in [5.74, 6) is 0. The summed E-state index contributed by atoms with van der Waals surface area (Å²) in [4.78, 5) is 0. The van der Waals surface area contributed by atoms with Crippen LogP contribution in [0.3, 0.4) is 0 Å². The summed E-state index contributed by atoms with van der Waals surface area (Å²) in [6.07, 6.45) is 0. The Bertz CT molecular complexity index is 3.25. The van der Waals surface area contributed by atoms with Crippen molar-refractivity contribution in [2.45, 2.75) is 0 Å². The molecule has 0 aromatic carbocycles. The summed E-state index contributed by atoms with van der Waals surface area (Å²) < 4.78 is 0. The maximum Gasteiger partial charge on any atom is 1.00 e. The molecule has 0 unspecified atom stereocenters. The molecule has 0 amide bonds. The summed E-state index contributed by atoms with van der Waals surface area (Å²) in [5, 5.41) is 0. The van der Waals surface area contributed by atoms with Gasteiger partial charge in [-0.2, -0.15) is 0 Å². The van der Waals surface area contributed by atoms with Crippen LogP contribution in [0.4, 0.5) is 0 Å². The molecule has 0 nitrogen and oxygen atoms in total. The summed E-state index contributed by atoms with van der Waals surface area (Å²) in [5.41, 5.74) is 0. The maximum atomic E-state index is 0. The number of rotatable bonds is 0. The average molecular weight is 109 g/mol. The molecule has 0 aromatic heterocycles. The Labute approximate surface area is 123 Å². The Morgan fingerprint density at radius 2 is 0.500 bits per heavy atom. The fraction of sp³-hybridized carbons (Fsp3) is 0. The van der Waals surface area contributed by atoms with Crippen molar-refractivity contribution in [3.8, 4) is 0 Å². The van der Waals surface area contributed by atoms with Crippen molar-refractivity contribution in [2.75, 3.05) is 0 Å². The largest absolute Gasteiger partial charge is 3.00 e. The number of hydrogen-bond donors (Lipinski definition) is 0. The van der Waals surface area contributed by atoms with Crippen LogP contribution < -0.4 is 88.7 Å². The Kier molecular flexibility index (Phi) is 94.0. The molecule has 3 radical (unpaired) electrons. The van der Waals surface area contributed by atoms with E-state index in [0.717, 1.165) is 0 Å². The fourth-order valence-corrected chi connectivity index (χ4v) is 0. The minimum absolute atomic E-state index is 0. The van der Waals surface area contributed by atoms with Gasteiger partial charge in [-0.15, -0.1) is 0 Å². The molecular weight excluding hydrogens is 109 g/mol. The van der Waals surface area contributed by atoms with Gasteiger partial charge in [-0.05, 0) is 0 Å². The van der Waals surface area contributed by atoms with Crippen LogP contribution in [-0.4, -0.2) is 37.7 Å². The van der Waals surface area contributed by atoms with E-state index in [1.165, 1.54) is 0 Å². The van der Waals surface area contributed by atoms with Gasteiger partial charge in [0.05, 0.1) is 0 Å². The van der Waals surface area contributed by atoms with Gasteiger partial charge in [0.2, 0.25) is 0 Å². The topological polar surface area (TPSA) is 0 Å². The molecule has 4 heavy (non-hydrogen) atoms. The first-order valence-electron chi connectivity index (χ1n) is 0. The SMILES string of the molecule is [Ca-3].[Na+].[Na+].[Na+]. The molecule has 0 saturated heterocycles. The van der Waals surface area contributed by atoms with E-state index in [-0.39, 0.29) is 126 Å². The third-order valence-corrected chi connectivity index (χ3v) is 0. The Balaban J connectivity index is 0. The first kappa shape index (κ1) is 24.0. The summed E-state index contributed by atoms with van der Waals surface area (Å²) >= 11 is 0. The zero-order chi connectivity index (χ0) is 0. The van der Waals surface area contributed by atoms with Crippen molar-refractivity contribution >= 4 is 37.7 Å². The smallest absolute Gasteiger partial charge is 1.00 e. The van der Waals surface area contributed by atoms with Crippen LogP contribution in [0.15, 0.2) is 0 Å². The molecule has 0 aromatic rings.